The van der Waals surface area contributed by atoms with Crippen molar-refractivity contribution in [2.75, 3.05) is 13.2 Å². The van der Waals surface area contributed by atoms with Gasteiger partial charge in [0, 0.05) is 18.2 Å². The zero-order valence-corrected chi connectivity index (χ0v) is 20.2. The van der Waals surface area contributed by atoms with Gasteiger partial charge < -0.3 is 13.9 Å². The third-order valence-corrected chi connectivity index (χ3v) is 11.5. The molecule has 8 heteroatoms. The van der Waals surface area contributed by atoms with Crippen molar-refractivity contribution in [3.8, 4) is 5.88 Å². The van der Waals surface area contributed by atoms with Crippen LogP contribution in [0.4, 0.5) is 0 Å². The Kier molecular flexibility index (Phi) is 7.40. The Morgan fingerprint density at radius 3 is 2.64 bits per heavy atom. The average Bonchev–Trinajstić information content (AvgIpc) is 2.96. The molecule has 2 heterocycles. The number of aryl methyl sites for hydroxylation is 1. The molecule has 1 aromatic heterocycles. The van der Waals surface area contributed by atoms with E-state index in [-0.39, 0.29) is 22.2 Å². The highest BCUT2D eigenvalue weighted by Gasteiger charge is 2.45. The first-order chi connectivity index (χ1) is 12.9. The van der Waals surface area contributed by atoms with Crippen LogP contribution < -0.4 is 10.4 Å². The summed E-state index contributed by atoms with van der Waals surface area (Å²) in [5, 5.41) is -0.0874. The maximum absolute atomic E-state index is 12.4. The van der Waals surface area contributed by atoms with E-state index in [4.69, 9.17) is 25.5 Å². The quantitative estimate of drug-likeness (QED) is 0.448. The van der Waals surface area contributed by atoms with Crippen LogP contribution >= 0.6 is 11.6 Å². The van der Waals surface area contributed by atoms with E-state index in [1.165, 1.54) is 4.57 Å². The van der Waals surface area contributed by atoms with Crippen LogP contribution in [0.2, 0.25) is 18.1 Å². The van der Waals surface area contributed by atoms with Crippen molar-refractivity contribution >= 4 is 19.9 Å². The molecular formula is C20H35ClN2O4Si. The average molecular weight is 431 g/mol. The van der Waals surface area contributed by atoms with Crippen molar-refractivity contribution in [2.24, 2.45) is 5.92 Å². The molecular weight excluding hydrogens is 396 g/mol. The Morgan fingerprint density at radius 1 is 1.43 bits per heavy atom. The predicted octanol–water partition coefficient (Wildman–Crippen LogP) is 4.50. The smallest absolute Gasteiger partial charge is 0.352 e. The molecule has 1 aliphatic rings. The SMILES string of the molecule is CCOc1nc(=O)n([C@H]2C[C@H](Cl)[C@@H](CO[Si](C)(C)C(C)(C)C(C)C)O2)cc1C. The van der Waals surface area contributed by atoms with Crippen molar-refractivity contribution in [1.82, 2.24) is 9.55 Å². The van der Waals surface area contributed by atoms with Crippen molar-refractivity contribution in [2.45, 2.75) is 83.8 Å². The summed E-state index contributed by atoms with van der Waals surface area (Å²) in [4.78, 5) is 16.4. The highest BCUT2D eigenvalue weighted by Crippen LogP contribution is 2.45. The number of halogens is 1. The van der Waals surface area contributed by atoms with Crippen LogP contribution in [0.15, 0.2) is 11.0 Å². The number of nitrogens with zero attached hydrogens (tertiary/aromatic N) is 2. The molecule has 0 unspecified atom stereocenters. The lowest BCUT2D eigenvalue weighted by Crippen LogP contribution is -2.47. The van der Waals surface area contributed by atoms with E-state index in [2.05, 4.69) is 45.8 Å². The summed E-state index contributed by atoms with van der Waals surface area (Å²) >= 11 is 6.55. The van der Waals surface area contributed by atoms with Gasteiger partial charge in [-0.25, -0.2) is 4.79 Å². The van der Waals surface area contributed by atoms with Crippen molar-refractivity contribution < 1.29 is 13.9 Å². The van der Waals surface area contributed by atoms with Gasteiger partial charge in [0.25, 0.3) is 0 Å². The molecule has 0 aliphatic carbocycles. The molecule has 0 spiro atoms. The van der Waals surface area contributed by atoms with Crippen molar-refractivity contribution in [3.63, 3.8) is 0 Å². The van der Waals surface area contributed by atoms with Gasteiger partial charge in [-0.3, -0.25) is 4.57 Å². The number of aromatic nitrogens is 2. The first-order valence-electron chi connectivity index (χ1n) is 10.1. The van der Waals surface area contributed by atoms with Gasteiger partial charge in [0.2, 0.25) is 5.88 Å². The highest BCUT2D eigenvalue weighted by molar-refractivity contribution is 6.74. The molecule has 0 bridgehead atoms. The Labute approximate surface area is 174 Å². The van der Waals surface area contributed by atoms with Crippen LogP contribution in [0.25, 0.3) is 0 Å². The molecule has 1 saturated heterocycles. The van der Waals surface area contributed by atoms with E-state index in [0.717, 1.165) is 5.56 Å². The minimum absolute atomic E-state index is 0.125. The Hall–Kier alpha value is -0.893. The fourth-order valence-corrected chi connectivity index (χ4v) is 5.85. The van der Waals surface area contributed by atoms with Gasteiger partial charge in [-0.2, -0.15) is 4.98 Å². The van der Waals surface area contributed by atoms with E-state index < -0.39 is 14.5 Å². The summed E-state index contributed by atoms with van der Waals surface area (Å²) in [6.07, 6.45) is 1.59. The Morgan fingerprint density at radius 2 is 2.07 bits per heavy atom. The molecule has 0 N–H and O–H groups in total. The number of alkyl halides is 1. The van der Waals surface area contributed by atoms with Crippen molar-refractivity contribution in [3.05, 3.63) is 22.2 Å². The van der Waals surface area contributed by atoms with Crippen LogP contribution in [-0.4, -0.2) is 42.6 Å². The largest absolute Gasteiger partial charge is 0.478 e. The molecule has 1 aromatic rings. The second-order valence-corrected chi connectivity index (χ2v) is 14.1. The maximum atomic E-state index is 12.4. The molecule has 1 fully saturated rings. The van der Waals surface area contributed by atoms with E-state index in [0.29, 0.717) is 31.4 Å². The fraction of sp³-hybridized carbons (Fsp3) is 0.800. The van der Waals surface area contributed by atoms with E-state index in [1.807, 2.05) is 13.8 Å². The highest BCUT2D eigenvalue weighted by atomic mass is 35.5. The van der Waals surface area contributed by atoms with Crippen molar-refractivity contribution in [1.29, 1.82) is 0 Å². The molecule has 28 heavy (non-hydrogen) atoms. The first-order valence-corrected chi connectivity index (χ1v) is 13.4. The molecule has 0 aromatic carbocycles. The van der Waals surface area contributed by atoms with Crippen LogP contribution in [0.5, 0.6) is 5.88 Å². The Balaban J connectivity index is 2.09. The summed E-state index contributed by atoms with van der Waals surface area (Å²) < 4.78 is 19.4. The monoisotopic (exact) mass is 430 g/mol. The molecule has 3 atom stereocenters. The zero-order valence-electron chi connectivity index (χ0n) is 18.4. The summed E-state index contributed by atoms with van der Waals surface area (Å²) in [5.41, 5.74) is 0.406. The Bertz CT molecular complexity index is 735. The lowest BCUT2D eigenvalue weighted by atomic mass is 9.99. The molecule has 160 valence electrons. The predicted molar refractivity (Wildman–Crippen MR) is 115 cm³/mol. The normalized spacial score (nSPS) is 23.4. The lowest BCUT2D eigenvalue weighted by molar-refractivity contribution is -0.0221. The maximum Gasteiger partial charge on any atom is 0.352 e. The summed E-state index contributed by atoms with van der Waals surface area (Å²) in [7, 11) is -1.96. The van der Waals surface area contributed by atoms with Gasteiger partial charge in [0.05, 0.1) is 24.7 Å². The van der Waals surface area contributed by atoms with E-state index >= 15 is 0 Å². The summed E-state index contributed by atoms with van der Waals surface area (Å²) in [6.45, 7) is 18.1. The number of hydrogen-bond acceptors (Lipinski definition) is 5. The molecule has 0 radical (unpaired) electrons. The minimum atomic E-state index is -1.96. The summed E-state index contributed by atoms with van der Waals surface area (Å²) in [5.74, 6) is 0.891. The number of rotatable bonds is 8. The van der Waals surface area contributed by atoms with Gasteiger partial charge in [0.1, 0.15) is 6.23 Å². The lowest BCUT2D eigenvalue weighted by Gasteiger charge is -2.43. The van der Waals surface area contributed by atoms with Gasteiger partial charge in [0.15, 0.2) is 8.32 Å². The van der Waals surface area contributed by atoms with Crippen LogP contribution in [0, 0.1) is 12.8 Å². The standard InChI is InChI=1S/C20H35ClN2O4Si/c1-9-25-18-14(4)11-23(19(24)22-18)17-10-15(21)16(27-17)12-26-28(7,8)20(5,6)13(2)3/h11,13,15-17H,9-10,12H2,1-8H3/t15-,16+,17+/m0/s1. The van der Waals surface area contributed by atoms with Crippen LogP contribution in [0.1, 0.15) is 52.8 Å². The van der Waals surface area contributed by atoms with E-state index in [9.17, 15) is 4.79 Å². The molecule has 1 aliphatic heterocycles. The zero-order chi connectivity index (χ0) is 21.3. The molecule has 0 amide bonds. The molecule has 2 rings (SSSR count). The molecule has 0 saturated carbocycles. The third kappa shape index (κ3) is 4.80. The topological polar surface area (TPSA) is 62.6 Å². The number of hydrogen-bond donors (Lipinski definition) is 0. The van der Waals surface area contributed by atoms with Gasteiger partial charge in [-0.1, -0.05) is 27.7 Å². The molecule has 6 nitrogen and oxygen atoms in total. The second kappa shape index (κ2) is 8.86. The van der Waals surface area contributed by atoms with Gasteiger partial charge in [-0.15, -0.1) is 11.6 Å². The van der Waals surface area contributed by atoms with Crippen LogP contribution in [0.3, 0.4) is 0 Å². The second-order valence-electron chi connectivity index (χ2n) is 8.93. The van der Waals surface area contributed by atoms with E-state index in [1.54, 1.807) is 6.20 Å². The summed E-state index contributed by atoms with van der Waals surface area (Å²) in [6, 6.07) is 0. The minimum Gasteiger partial charge on any atom is -0.478 e. The van der Waals surface area contributed by atoms with Gasteiger partial charge in [-0.05, 0) is 37.9 Å². The van der Waals surface area contributed by atoms with Gasteiger partial charge >= 0.3 is 5.69 Å². The third-order valence-electron chi connectivity index (χ3n) is 6.45. The van der Waals surface area contributed by atoms with Crippen LogP contribution in [-0.2, 0) is 9.16 Å². The first kappa shape index (κ1) is 23.4. The fourth-order valence-electron chi connectivity index (χ4n) is 3.22. The number of ether oxygens (including phenoxy) is 2.